The maximum Gasteiger partial charge on any atom is 0.175 e. The van der Waals surface area contributed by atoms with Crippen LogP contribution in [0.4, 0.5) is 0 Å². The Morgan fingerprint density at radius 1 is 1.41 bits per heavy atom. The minimum absolute atomic E-state index is 0.303. The van der Waals surface area contributed by atoms with Crippen molar-refractivity contribution in [3.8, 4) is 0 Å². The van der Waals surface area contributed by atoms with Gasteiger partial charge in [-0.15, -0.1) is 0 Å². The van der Waals surface area contributed by atoms with E-state index in [1.54, 1.807) is 18.1 Å². The molecule has 0 bridgehead atoms. The topological polar surface area (TPSA) is 59.5 Å². The van der Waals surface area contributed by atoms with Crippen molar-refractivity contribution in [2.75, 3.05) is 5.75 Å². The van der Waals surface area contributed by atoms with Gasteiger partial charge in [-0.1, -0.05) is 25.1 Å². The molecule has 0 aromatic carbocycles. The van der Waals surface area contributed by atoms with Crippen molar-refractivity contribution in [1.29, 1.82) is 5.41 Å². The van der Waals surface area contributed by atoms with E-state index in [0.717, 1.165) is 22.1 Å². The Bertz CT molecular complexity index is 583. The minimum atomic E-state index is 0.303. The summed E-state index contributed by atoms with van der Waals surface area (Å²) in [6, 6.07) is 0. The third-order valence-corrected chi connectivity index (χ3v) is 3.80. The number of nitrogens with zero attached hydrogens (tertiary/aromatic N) is 4. The van der Waals surface area contributed by atoms with E-state index >= 15 is 0 Å². The van der Waals surface area contributed by atoms with Gasteiger partial charge >= 0.3 is 0 Å². The number of unbranched alkanes of at least 4 members (excludes halogenated alkanes) is 1. The van der Waals surface area contributed by atoms with E-state index in [-0.39, 0.29) is 0 Å². The largest absolute Gasteiger partial charge is 0.329 e. The number of hydrogen-bond donors (Lipinski definition) is 1. The van der Waals surface area contributed by atoms with Crippen LogP contribution >= 0.6 is 11.8 Å². The number of fused-ring (bicyclic) bond motifs is 1. The Morgan fingerprint density at radius 2 is 2.18 bits per heavy atom. The minimum Gasteiger partial charge on any atom is -0.329 e. The van der Waals surface area contributed by atoms with Gasteiger partial charge in [0.2, 0.25) is 0 Å². The summed E-state index contributed by atoms with van der Waals surface area (Å²) in [5.74, 6) is 1.04. The lowest BCUT2D eigenvalue weighted by Gasteiger charge is -2.08. The van der Waals surface area contributed by atoms with Gasteiger partial charge in [0.1, 0.15) is 5.52 Å². The van der Waals surface area contributed by atoms with Crippen LogP contribution in [0.3, 0.4) is 0 Å². The Kier molecular flexibility index (Phi) is 3.51. The van der Waals surface area contributed by atoms with Crippen LogP contribution in [0.15, 0.2) is 11.5 Å². The Hall–Kier alpha value is -1.30. The zero-order valence-corrected chi connectivity index (χ0v) is 11.2. The maximum atomic E-state index is 7.94. The second-order valence-corrected chi connectivity index (χ2v) is 5.09. The van der Waals surface area contributed by atoms with Crippen LogP contribution in [0.25, 0.3) is 11.2 Å². The van der Waals surface area contributed by atoms with Gasteiger partial charge in [0.25, 0.3) is 0 Å². The molecule has 6 heteroatoms. The average Bonchev–Trinajstić information content (AvgIpc) is 2.68. The number of thioether (sulfide) groups is 1. The van der Waals surface area contributed by atoms with Crippen molar-refractivity contribution in [3.05, 3.63) is 11.8 Å². The van der Waals surface area contributed by atoms with E-state index in [1.807, 2.05) is 23.2 Å². The number of imidazole rings is 1. The first kappa shape index (κ1) is 12.2. The molecule has 0 aliphatic carbocycles. The third kappa shape index (κ3) is 2.22. The van der Waals surface area contributed by atoms with Crippen LogP contribution in [0.1, 0.15) is 19.8 Å². The summed E-state index contributed by atoms with van der Waals surface area (Å²) >= 11 is 1.69. The molecule has 0 saturated carbocycles. The molecular formula is C11H17N5S. The second kappa shape index (κ2) is 4.91. The number of rotatable bonds is 4. The number of aryl methyl sites for hydroxylation is 2. The summed E-state index contributed by atoms with van der Waals surface area (Å²) in [5, 5.41) is 8.81. The van der Waals surface area contributed by atoms with Crippen LogP contribution in [-0.4, -0.2) is 24.9 Å². The van der Waals surface area contributed by atoms with Crippen LogP contribution < -0.4 is 5.49 Å². The van der Waals surface area contributed by atoms with E-state index in [2.05, 4.69) is 16.9 Å². The molecule has 0 amide bonds. The van der Waals surface area contributed by atoms with Crippen molar-refractivity contribution in [1.82, 2.24) is 19.1 Å². The lowest BCUT2D eigenvalue weighted by atomic mass is 10.4. The molecule has 2 heterocycles. The molecule has 0 unspecified atom stereocenters. The molecular weight excluding hydrogens is 234 g/mol. The zero-order chi connectivity index (χ0) is 12.4. The van der Waals surface area contributed by atoms with Gasteiger partial charge in [-0.3, -0.25) is 5.41 Å². The fourth-order valence-corrected chi connectivity index (χ4v) is 2.74. The van der Waals surface area contributed by atoms with Crippen molar-refractivity contribution >= 4 is 22.9 Å². The highest BCUT2D eigenvalue weighted by Crippen LogP contribution is 2.18. The van der Waals surface area contributed by atoms with Crippen LogP contribution in [-0.2, 0) is 14.1 Å². The van der Waals surface area contributed by atoms with Crippen molar-refractivity contribution < 1.29 is 0 Å². The van der Waals surface area contributed by atoms with E-state index in [0.29, 0.717) is 5.49 Å². The predicted molar refractivity (Wildman–Crippen MR) is 69.0 cm³/mol. The van der Waals surface area contributed by atoms with Crippen molar-refractivity contribution in [3.63, 3.8) is 0 Å². The summed E-state index contributed by atoms with van der Waals surface area (Å²) in [6.07, 6.45) is 4.07. The zero-order valence-electron chi connectivity index (χ0n) is 10.4. The van der Waals surface area contributed by atoms with Crippen LogP contribution in [0, 0.1) is 5.41 Å². The molecule has 0 spiro atoms. The highest BCUT2D eigenvalue weighted by Gasteiger charge is 2.10. The first-order valence-corrected chi connectivity index (χ1v) is 6.69. The quantitative estimate of drug-likeness (QED) is 0.511. The van der Waals surface area contributed by atoms with Gasteiger partial charge in [0.15, 0.2) is 16.3 Å². The fourth-order valence-electron chi connectivity index (χ4n) is 1.69. The SMILES string of the molecule is CCCCSc1nc(=N)c2c(ncn2C)n1C. The van der Waals surface area contributed by atoms with Crippen LogP contribution in [0.5, 0.6) is 0 Å². The molecule has 2 aromatic heterocycles. The maximum absolute atomic E-state index is 7.94. The van der Waals surface area contributed by atoms with E-state index in [4.69, 9.17) is 5.41 Å². The second-order valence-electron chi connectivity index (χ2n) is 4.03. The summed E-state index contributed by atoms with van der Waals surface area (Å²) in [5.41, 5.74) is 1.91. The highest BCUT2D eigenvalue weighted by atomic mass is 32.2. The molecule has 5 nitrogen and oxygen atoms in total. The van der Waals surface area contributed by atoms with Gasteiger partial charge in [0, 0.05) is 19.8 Å². The normalized spacial score (nSPS) is 11.2. The molecule has 17 heavy (non-hydrogen) atoms. The summed E-state index contributed by atoms with van der Waals surface area (Å²) < 4.78 is 3.80. The van der Waals surface area contributed by atoms with Gasteiger partial charge in [-0.2, -0.15) is 0 Å². The Balaban J connectivity index is 2.45. The van der Waals surface area contributed by atoms with Gasteiger partial charge in [-0.25, -0.2) is 9.97 Å². The van der Waals surface area contributed by atoms with Crippen molar-refractivity contribution in [2.45, 2.75) is 24.9 Å². The summed E-state index contributed by atoms with van der Waals surface area (Å²) in [4.78, 5) is 8.66. The van der Waals surface area contributed by atoms with Crippen molar-refractivity contribution in [2.24, 2.45) is 14.1 Å². The number of aromatic nitrogens is 4. The lowest BCUT2D eigenvalue weighted by molar-refractivity contribution is 0.743. The standard InChI is InChI=1S/C11H17N5S/c1-4-5-6-17-11-14-9(12)8-10(16(11)3)13-7-15(8)2/h7,12H,4-6H2,1-3H3. The number of hydrogen-bond acceptors (Lipinski definition) is 4. The number of nitrogens with one attached hydrogen (secondary N) is 1. The molecule has 1 N–H and O–H groups in total. The molecule has 0 saturated heterocycles. The smallest absolute Gasteiger partial charge is 0.175 e. The molecule has 92 valence electrons. The molecule has 0 aliphatic heterocycles. The van der Waals surface area contributed by atoms with Crippen LogP contribution in [0.2, 0.25) is 0 Å². The fraction of sp³-hybridized carbons (Fsp3) is 0.545. The molecule has 0 radical (unpaired) electrons. The highest BCUT2D eigenvalue weighted by molar-refractivity contribution is 7.99. The predicted octanol–water partition coefficient (Wildman–Crippen LogP) is 1.68. The van der Waals surface area contributed by atoms with Gasteiger partial charge < -0.3 is 9.13 Å². The third-order valence-electron chi connectivity index (χ3n) is 2.68. The lowest BCUT2D eigenvalue weighted by Crippen LogP contribution is -2.16. The molecule has 2 aromatic rings. The van der Waals surface area contributed by atoms with Gasteiger partial charge in [0.05, 0.1) is 6.33 Å². The molecule has 0 fully saturated rings. The summed E-state index contributed by atoms with van der Waals surface area (Å²) in [7, 11) is 3.84. The Labute approximate surface area is 104 Å². The van der Waals surface area contributed by atoms with E-state index < -0.39 is 0 Å². The molecule has 0 aliphatic rings. The Morgan fingerprint density at radius 3 is 2.88 bits per heavy atom. The molecule has 2 rings (SSSR count). The first-order chi connectivity index (χ1) is 8.15. The van der Waals surface area contributed by atoms with Gasteiger partial charge in [-0.05, 0) is 6.42 Å². The van der Waals surface area contributed by atoms with E-state index in [1.165, 1.54) is 12.8 Å². The van der Waals surface area contributed by atoms with E-state index in [9.17, 15) is 0 Å². The first-order valence-electron chi connectivity index (χ1n) is 5.70. The average molecular weight is 251 g/mol. The summed E-state index contributed by atoms with van der Waals surface area (Å²) in [6.45, 7) is 2.17. The molecule has 0 atom stereocenters. The monoisotopic (exact) mass is 251 g/mol.